The molecule has 1 amide bonds. The lowest BCUT2D eigenvalue weighted by atomic mass is 10.0. The van der Waals surface area contributed by atoms with Crippen molar-refractivity contribution in [3.63, 3.8) is 0 Å². The molecule has 0 radical (unpaired) electrons. The molecule has 3 rings (SSSR count). The summed E-state index contributed by atoms with van der Waals surface area (Å²) in [4.78, 5) is 14.6. The molecule has 1 aliphatic rings. The number of tetrazole rings is 1. The van der Waals surface area contributed by atoms with Crippen molar-refractivity contribution in [2.24, 2.45) is 0 Å². The summed E-state index contributed by atoms with van der Waals surface area (Å²) >= 11 is 1.40. The van der Waals surface area contributed by atoms with Gasteiger partial charge in [-0.2, -0.15) is 4.68 Å². The maximum atomic E-state index is 12.6. The number of rotatable bonds is 5. The van der Waals surface area contributed by atoms with E-state index in [9.17, 15) is 4.79 Å². The zero-order chi connectivity index (χ0) is 16.9. The van der Waals surface area contributed by atoms with Gasteiger partial charge < -0.3 is 4.90 Å². The molecule has 0 unspecified atom stereocenters. The fraction of sp³-hybridized carbons (Fsp3) is 0.529. The van der Waals surface area contributed by atoms with E-state index < -0.39 is 0 Å². The van der Waals surface area contributed by atoms with Crippen LogP contribution < -0.4 is 0 Å². The van der Waals surface area contributed by atoms with Crippen LogP contribution >= 0.6 is 11.8 Å². The van der Waals surface area contributed by atoms with E-state index in [0.717, 1.165) is 37.1 Å². The summed E-state index contributed by atoms with van der Waals surface area (Å²) < 4.78 is 1.69. The summed E-state index contributed by atoms with van der Waals surface area (Å²) in [6, 6.07) is 8.39. The maximum absolute atomic E-state index is 12.6. The van der Waals surface area contributed by atoms with Gasteiger partial charge in [0.15, 0.2) is 0 Å². The number of carbonyl (C=O) groups is 1. The van der Waals surface area contributed by atoms with Crippen molar-refractivity contribution in [1.29, 1.82) is 0 Å². The second-order valence-electron chi connectivity index (χ2n) is 6.15. The van der Waals surface area contributed by atoms with Gasteiger partial charge in [0.2, 0.25) is 11.1 Å². The largest absolute Gasteiger partial charge is 0.339 e. The van der Waals surface area contributed by atoms with Crippen molar-refractivity contribution < 1.29 is 4.79 Å². The van der Waals surface area contributed by atoms with Crippen molar-refractivity contribution in [1.82, 2.24) is 25.1 Å². The monoisotopic (exact) mass is 345 g/mol. The Morgan fingerprint density at radius 3 is 3.04 bits per heavy atom. The van der Waals surface area contributed by atoms with Crippen LogP contribution in [-0.4, -0.2) is 49.4 Å². The van der Waals surface area contributed by atoms with Gasteiger partial charge in [0.25, 0.3) is 0 Å². The molecule has 0 aliphatic carbocycles. The number of nitrogens with zero attached hydrogens (tertiary/aromatic N) is 5. The highest BCUT2D eigenvalue weighted by Crippen LogP contribution is 2.23. The first-order valence-corrected chi connectivity index (χ1v) is 9.45. The molecule has 0 saturated carbocycles. The molecule has 0 spiro atoms. The van der Waals surface area contributed by atoms with E-state index >= 15 is 0 Å². The molecule has 1 aliphatic heterocycles. The van der Waals surface area contributed by atoms with Gasteiger partial charge in [-0.15, -0.1) is 5.10 Å². The molecule has 1 atom stereocenters. The Kier molecular flexibility index (Phi) is 5.50. The highest BCUT2D eigenvalue weighted by atomic mass is 32.2. The quantitative estimate of drug-likeness (QED) is 0.780. The number of hydrogen-bond acceptors (Lipinski definition) is 5. The van der Waals surface area contributed by atoms with E-state index in [1.54, 1.807) is 4.68 Å². The highest BCUT2D eigenvalue weighted by Gasteiger charge is 2.25. The van der Waals surface area contributed by atoms with Crippen LogP contribution in [0.5, 0.6) is 0 Å². The first-order valence-electron chi connectivity index (χ1n) is 8.46. The maximum Gasteiger partial charge on any atom is 0.233 e. The number of aromatic nitrogens is 4. The number of piperidine rings is 1. The molecule has 1 saturated heterocycles. The Labute approximate surface area is 146 Å². The summed E-state index contributed by atoms with van der Waals surface area (Å²) in [7, 11) is 0. The van der Waals surface area contributed by atoms with Crippen LogP contribution in [-0.2, 0) is 4.79 Å². The molecule has 0 bridgehead atoms. The minimum Gasteiger partial charge on any atom is -0.339 e. The number of hydrogen-bond donors (Lipinski definition) is 0. The molecular weight excluding hydrogens is 322 g/mol. The van der Waals surface area contributed by atoms with Crippen LogP contribution in [0.4, 0.5) is 0 Å². The van der Waals surface area contributed by atoms with E-state index in [1.165, 1.54) is 18.2 Å². The standard InChI is InChI=1S/C17H23N5OS/c1-3-14-8-4-5-10-21(14)16(23)12-24-17-18-19-20-22(17)15-9-6-7-13(2)11-15/h6-7,9,11,14H,3-5,8,10,12H2,1-2H3/t14-/m0/s1. The van der Waals surface area contributed by atoms with E-state index in [-0.39, 0.29) is 5.91 Å². The molecular formula is C17H23N5OS. The Morgan fingerprint density at radius 1 is 1.38 bits per heavy atom. The lowest BCUT2D eigenvalue weighted by molar-refractivity contribution is -0.132. The molecule has 6 nitrogen and oxygen atoms in total. The third-order valence-corrected chi connectivity index (χ3v) is 5.33. The van der Waals surface area contributed by atoms with Gasteiger partial charge in [0, 0.05) is 12.6 Å². The summed E-state index contributed by atoms with van der Waals surface area (Å²) in [6.07, 6.45) is 4.47. The first kappa shape index (κ1) is 17.0. The Hall–Kier alpha value is -1.89. The van der Waals surface area contributed by atoms with Gasteiger partial charge in [-0.05, 0) is 60.7 Å². The molecule has 2 heterocycles. The Morgan fingerprint density at radius 2 is 2.25 bits per heavy atom. The average molecular weight is 345 g/mol. The second kappa shape index (κ2) is 7.79. The van der Waals surface area contributed by atoms with E-state index in [2.05, 4.69) is 22.4 Å². The van der Waals surface area contributed by atoms with Gasteiger partial charge in [0.1, 0.15) is 0 Å². The third kappa shape index (κ3) is 3.77. The van der Waals surface area contributed by atoms with E-state index in [0.29, 0.717) is 17.0 Å². The van der Waals surface area contributed by atoms with Crippen molar-refractivity contribution in [3.8, 4) is 5.69 Å². The number of thioether (sulfide) groups is 1. The number of aryl methyl sites for hydroxylation is 1. The third-order valence-electron chi connectivity index (χ3n) is 4.43. The van der Waals surface area contributed by atoms with Crippen molar-refractivity contribution in [2.75, 3.05) is 12.3 Å². The topological polar surface area (TPSA) is 63.9 Å². The van der Waals surface area contributed by atoms with Gasteiger partial charge in [-0.1, -0.05) is 30.8 Å². The molecule has 2 aromatic rings. The van der Waals surface area contributed by atoms with Crippen molar-refractivity contribution in [2.45, 2.75) is 50.7 Å². The van der Waals surface area contributed by atoms with Crippen LogP contribution in [0.25, 0.3) is 5.69 Å². The van der Waals surface area contributed by atoms with Gasteiger partial charge in [0.05, 0.1) is 11.4 Å². The zero-order valence-electron chi connectivity index (χ0n) is 14.2. The Balaban J connectivity index is 1.67. The normalized spacial score (nSPS) is 17.9. The van der Waals surface area contributed by atoms with E-state index in [4.69, 9.17) is 0 Å². The van der Waals surface area contributed by atoms with Crippen molar-refractivity contribution >= 4 is 17.7 Å². The fourth-order valence-electron chi connectivity index (χ4n) is 3.15. The summed E-state index contributed by atoms with van der Waals surface area (Å²) in [5, 5.41) is 12.6. The van der Waals surface area contributed by atoms with Crippen molar-refractivity contribution in [3.05, 3.63) is 29.8 Å². The number of carbonyl (C=O) groups excluding carboxylic acids is 1. The first-order chi connectivity index (χ1) is 11.7. The zero-order valence-corrected chi connectivity index (χ0v) is 15.0. The molecule has 128 valence electrons. The van der Waals surface area contributed by atoms with Gasteiger partial charge in [-0.25, -0.2) is 0 Å². The fourth-order valence-corrected chi connectivity index (χ4v) is 3.93. The minimum atomic E-state index is 0.186. The molecule has 7 heteroatoms. The smallest absolute Gasteiger partial charge is 0.233 e. The number of likely N-dealkylation sites (tertiary alicyclic amines) is 1. The van der Waals surface area contributed by atoms with Crippen LogP contribution in [0.1, 0.15) is 38.2 Å². The number of benzene rings is 1. The predicted octanol–water partition coefficient (Wildman–Crippen LogP) is 2.85. The van der Waals surface area contributed by atoms with E-state index in [1.807, 2.05) is 36.1 Å². The average Bonchev–Trinajstić information content (AvgIpc) is 3.08. The predicted molar refractivity (Wildman–Crippen MR) is 94.3 cm³/mol. The summed E-state index contributed by atoms with van der Waals surface area (Å²) in [5.41, 5.74) is 2.06. The lowest BCUT2D eigenvalue weighted by Crippen LogP contribution is -2.44. The molecule has 1 aromatic carbocycles. The van der Waals surface area contributed by atoms with Crippen LogP contribution in [0.3, 0.4) is 0 Å². The second-order valence-corrected chi connectivity index (χ2v) is 7.09. The molecule has 1 aromatic heterocycles. The summed E-state index contributed by atoms with van der Waals surface area (Å²) in [5.74, 6) is 0.563. The highest BCUT2D eigenvalue weighted by molar-refractivity contribution is 7.99. The van der Waals surface area contributed by atoms with Gasteiger partial charge >= 0.3 is 0 Å². The molecule has 24 heavy (non-hydrogen) atoms. The molecule has 1 fully saturated rings. The SMILES string of the molecule is CC[C@H]1CCCCN1C(=O)CSc1nnnn1-c1cccc(C)c1. The Bertz CT molecular complexity index is 702. The van der Waals surface area contributed by atoms with Crippen LogP contribution in [0.15, 0.2) is 29.4 Å². The minimum absolute atomic E-state index is 0.186. The lowest BCUT2D eigenvalue weighted by Gasteiger charge is -2.35. The summed E-state index contributed by atoms with van der Waals surface area (Å²) in [6.45, 7) is 5.06. The van der Waals surface area contributed by atoms with Crippen LogP contribution in [0.2, 0.25) is 0 Å². The number of amides is 1. The molecule has 0 N–H and O–H groups in total. The van der Waals surface area contributed by atoms with Crippen LogP contribution in [0, 0.1) is 6.92 Å². The van der Waals surface area contributed by atoms with Gasteiger partial charge in [-0.3, -0.25) is 4.79 Å².